The molecule has 2 unspecified atom stereocenters. The van der Waals surface area contributed by atoms with Crippen LogP contribution in [0.15, 0.2) is 36.4 Å². The van der Waals surface area contributed by atoms with Gasteiger partial charge in [-0.3, -0.25) is 4.79 Å². The number of fused-ring (bicyclic) bond motifs is 1. The number of hydrogen-bond acceptors (Lipinski definition) is 3. The first-order valence-corrected chi connectivity index (χ1v) is 8.58. The Morgan fingerprint density at radius 3 is 2.70 bits per heavy atom. The molecular weight excluding hydrogens is 356 g/mol. The fourth-order valence-corrected chi connectivity index (χ4v) is 3.18. The van der Waals surface area contributed by atoms with Gasteiger partial charge in [0.15, 0.2) is 6.04 Å². The zero-order valence-electron chi connectivity index (χ0n) is 14.7. The summed E-state index contributed by atoms with van der Waals surface area (Å²) < 4.78 is 32.3. The van der Waals surface area contributed by atoms with Gasteiger partial charge in [-0.25, -0.2) is 13.6 Å². The van der Waals surface area contributed by atoms with Gasteiger partial charge in [0.25, 0.3) is 0 Å². The minimum Gasteiger partial charge on any atom is -0.493 e. The number of aliphatic carboxylic acids is 1. The van der Waals surface area contributed by atoms with Crippen LogP contribution in [0.2, 0.25) is 0 Å². The van der Waals surface area contributed by atoms with Gasteiger partial charge >= 0.3 is 5.97 Å². The van der Waals surface area contributed by atoms with Crippen LogP contribution in [0.5, 0.6) is 5.75 Å². The van der Waals surface area contributed by atoms with Gasteiger partial charge in [-0.1, -0.05) is 19.1 Å². The molecule has 1 amide bonds. The third-order valence-electron chi connectivity index (χ3n) is 4.58. The van der Waals surface area contributed by atoms with Gasteiger partial charge in [0.1, 0.15) is 17.4 Å². The highest BCUT2D eigenvalue weighted by molar-refractivity contribution is 5.85. The van der Waals surface area contributed by atoms with Gasteiger partial charge in [-0.15, -0.1) is 0 Å². The molecule has 2 aromatic carbocycles. The first-order valence-electron chi connectivity index (χ1n) is 8.58. The average Bonchev–Trinajstić information content (AvgIpc) is 3.06. The van der Waals surface area contributed by atoms with Gasteiger partial charge in [0, 0.05) is 18.9 Å². The normalized spacial score (nSPS) is 14.8. The minimum atomic E-state index is -1.21. The lowest BCUT2D eigenvalue weighted by Gasteiger charge is -2.18. The van der Waals surface area contributed by atoms with Crippen molar-refractivity contribution in [2.45, 2.75) is 31.7 Å². The maximum Gasteiger partial charge on any atom is 0.330 e. The lowest BCUT2D eigenvalue weighted by molar-refractivity contribution is -0.142. The number of carbonyl (C=O) groups is 2. The Hall–Kier alpha value is -2.96. The summed E-state index contributed by atoms with van der Waals surface area (Å²) in [4.78, 5) is 24.0. The average molecular weight is 375 g/mol. The third-order valence-corrected chi connectivity index (χ3v) is 4.58. The third kappa shape index (κ3) is 4.24. The number of ether oxygens (including phenoxy) is 1. The van der Waals surface area contributed by atoms with E-state index in [1.54, 1.807) is 25.1 Å². The van der Waals surface area contributed by atoms with Gasteiger partial charge in [-0.2, -0.15) is 0 Å². The molecule has 142 valence electrons. The molecule has 2 N–H and O–H groups in total. The van der Waals surface area contributed by atoms with Crippen LogP contribution in [-0.2, 0) is 16.0 Å². The second kappa shape index (κ2) is 7.73. The van der Waals surface area contributed by atoms with E-state index < -0.39 is 35.5 Å². The summed E-state index contributed by atoms with van der Waals surface area (Å²) in [6, 6.07) is 6.97. The summed E-state index contributed by atoms with van der Waals surface area (Å²) in [6.07, 6.45) is 0.560. The van der Waals surface area contributed by atoms with Crippen LogP contribution >= 0.6 is 0 Å². The van der Waals surface area contributed by atoms with E-state index in [-0.39, 0.29) is 12.0 Å². The molecule has 0 bridgehead atoms. The molecule has 3 rings (SSSR count). The lowest BCUT2D eigenvalue weighted by Crippen LogP contribution is -2.34. The lowest BCUT2D eigenvalue weighted by atomic mass is 9.96. The molecule has 7 heteroatoms. The second-order valence-electron chi connectivity index (χ2n) is 6.58. The van der Waals surface area contributed by atoms with Crippen LogP contribution in [0, 0.1) is 11.6 Å². The molecule has 27 heavy (non-hydrogen) atoms. The van der Waals surface area contributed by atoms with Crippen LogP contribution in [-0.4, -0.2) is 23.6 Å². The van der Waals surface area contributed by atoms with E-state index >= 15 is 0 Å². The molecule has 2 atom stereocenters. The number of benzene rings is 2. The van der Waals surface area contributed by atoms with Crippen molar-refractivity contribution in [3.05, 3.63) is 64.7 Å². The Morgan fingerprint density at radius 1 is 1.22 bits per heavy atom. The fraction of sp³-hybridized carbons (Fsp3) is 0.300. The zero-order valence-corrected chi connectivity index (χ0v) is 14.7. The number of carbonyl (C=O) groups excluding carboxylic acids is 1. The highest BCUT2D eigenvalue weighted by Gasteiger charge is 2.25. The summed E-state index contributed by atoms with van der Waals surface area (Å²) in [7, 11) is 0. The zero-order chi connectivity index (χ0) is 19.6. The Bertz CT molecular complexity index is 884. The summed E-state index contributed by atoms with van der Waals surface area (Å²) >= 11 is 0. The molecule has 0 saturated carbocycles. The van der Waals surface area contributed by atoms with Crippen LogP contribution in [0.25, 0.3) is 0 Å². The molecule has 0 spiro atoms. The van der Waals surface area contributed by atoms with E-state index in [1.807, 2.05) is 0 Å². The van der Waals surface area contributed by atoms with Crippen molar-refractivity contribution in [2.75, 3.05) is 6.61 Å². The largest absolute Gasteiger partial charge is 0.493 e. The van der Waals surface area contributed by atoms with Gasteiger partial charge in [-0.05, 0) is 40.8 Å². The van der Waals surface area contributed by atoms with Crippen LogP contribution in [0.4, 0.5) is 8.78 Å². The topological polar surface area (TPSA) is 75.6 Å². The number of rotatable bonds is 6. The number of carboxylic acid groups (broad SMARTS) is 1. The number of hydrogen-bond donors (Lipinski definition) is 2. The van der Waals surface area contributed by atoms with E-state index in [0.717, 1.165) is 23.4 Å². The van der Waals surface area contributed by atoms with Crippen molar-refractivity contribution >= 4 is 11.9 Å². The Morgan fingerprint density at radius 2 is 2.00 bits per heavy atom. The highest BCUT2D eigenvalue weighted by atomic mass is 19.1. The number of amides is 1. The van der Waals surface area contributed by atoms with Gasteiger partial charge < -0.3 is 15.2 Å². The number of carboxylic acids is 1. The molecule has 5 nitrogen and oxygen atoms in total. The van der Waals surface area contributed by atoms with E-state index in [4.69, 9.17) is 4.74 Å². The van der Waals surface area contributed by atoms with E-state index in [2.05, 4.69) is 5.32 Å². The summed E-state index contributed by atoms with van der Waals surface area (Å²) in [6.45, 7) is 2.17. The van der Waals surface area contributed by atoms with Crippen molar-refractivity contribution in [1.82, 2.24) is 5.32 Å². The van der Waals surface area contributed by atoms with Gasteiger partial charge in [0.2, 0.25) is 5.91 Å². The van der Waals surface area contributed by atoms with Crippen molar-refractivity contribution in [2.24, 2.45) is 0 Å². The summed E-state index contributed by atoms with van der Waals surface area (Å²) in [5.74, 6) is -2.97. The van der Waals surface area contributed by atoms with E-state index in [0.29, 0.717) is 18.6 Å². The number of nitrogens with one attached hydrogen (secondary N) is 1. The molecule has 1 heterocycles. The maximum absolute atomic E-state index is 13.9. The second-order valence-corrected chi connectivity index (χ2v) is 6.58. The van der Waals surface area contributed by atoms with E-state index in [9.17, 15) is 23.5 Å². The van der Waals surface area contributed by atoms with Gasteiger partial charge in [0.05, 0.1) is 6.61 Å². The van der Waals surface area contributed by atoms with Crippen molar-refractivity contribution in [1.29, 1.82) is 0 Å². The molecule has 0 aliphatic carbocycles. The summed E-state index contributed by atoms with van der Waals surface area (Å²) in [5, 5.41) is 12.0. The molecule has 0 radical (unpaired) electrons. The molecule has 1 aliphatic heterocycles. The standard InChI is InChI=1S/C20H19F2NO4/c1-11(15-4-3-14(21)10-16(15)22)8-18(24)23-19(20(25)26)13-2-5-17-12(9-13)6-7-27-17/h2-5,9-11,19H,6-8H2,1H3,(H,23,24)(H,25,26). The predicted octanol–water partition coefficient (Wildman–Crippen LogP) is 3.34. The van der Waals surface area contributed by atoms with Crippen molar-refractivity contribution in [3.8, 4) is 5.75 Å². The first-order chi connectivity index (χ1) is 12.8. The first kappa shape index (κ1) is 18.8. The highest BCUT2D eigenvalue weighted by Crippen LogP contribution is 2.29. The Kier molecular flexibility index (Phi) is 5.39. The molecule has 2 aromatic rings. The molecule has 0 fully saturated rings. The maximum atomic E-state index is 13.9. The minimum absolute atomic E-state index is 0.125. The number of halogens is 2. The molecular formula is C20H19F2NO4. The monoisotopic (exact) mass is 375 g/mol. The van der Waals surface area contributed by atoms with Crippen molar-refractivity contribution < 1.29 is 28.2 Å². The Labute approximate surface area is 155 Å². The van der Waals surface area contributed by atoms with Crippen LogP contribution in [0.3, 0.4) is 0 Å². The van der Waals surface area contributed by atoms with Crippen molar-refractivity contribution in [3.63, 3.8) is 0 Å². The Balaban J connectivity index is 1.71. The quantitative estimate of drug-likeness (QED) is 0.812. The van der Waals surface area contributed by atoms with Crippen LogP contribution in [0.1, 0.15) is 42.0 Å². The van der Waals surface area contributed by atoms with E-state index in [1.165, 1.54) is 6.07 Å². The molecule has 0 aromatic heterocycles. The smallest absolute Gasteiger partial charge is 0.330 e. The SMILES string of the molecule is CC(CC(=O)NC(C(=O)O)c1ccc2c(c1)CCO2)c1ccc(F)cc1F. The fourth-order valence-electron chi connectivity index (χ4n) is 3.18. The molecule has 1 aliphatic rings. The summed E-state index contributed by atoms with van der Waals surface area (Å²) in [5.41, 5.74) is 1.54. The van der Waals surface area contributed by atoms with Crippen LogP contribution < -0.4 is 10.1 Å². The molecule has 0 saturated heterocycles. The predicted molar refractivity (Wildman–Crippen MR) is 93.6 cm³/mol.